The lowest BCUT2D eigenvalue weighted by atomic mass is 9.79. The van der Waals surface area contributed by atoms with E-state index in [1.807, 2.05) is 20.8 Å². The van der Waals surface area contributed by atoms with E-state index >= 15 is 0 Å². The summed E-state index contributed by atoms with van der Waals surface area (Å²) in [5, 5.41) is 12.5. The van der Waals surface area contributed by atoms with E-state index in [2.05, 4.69) is 10.3 Å². The zero-order valence-electron chi connectivity index (χ0n) is 12.8. The molecule has 0 radical (unpaired) electrons. The Balaban J connectivity index is 2.58. The fraction of sp³-hybridized carbons (Fsp3) is 0.667. The van der Waals surface area contributed by atoms with Crippen molar-refractivity contribution in [1.82, 2.24) is 9.55 Å². The van der Waals surface area contributed by atoms with Gasteiger partial charge in [-0.2, -0.15) is 0 Å². The van der Waals surface area contributed by atoms with Crippen molar-refractivity contribution in [2.24, 2.45) is 0 Å². The highest BCUT2D eigenvalue weighted by molar-refractivity contribution is 5.73. The summed E-state index contributed by atoms with van der Waals surface area (Å²) in [6, 6.07) is -0.816. The number of carboxylic acids is 1. The zero-order chi connectivity index (χ0) is 15.6. The van der Waals surface area contributed by atoms with Crippen LogP contribution in [0.2, 0.25) is 0 Å². The molecular formula is C15H23N3O3. The summed E-state index contributed by atoms with van der Waals surface area (Å²) in [5.41, 5.74) is -0.203. The van der Waals surface area contributed by atoms with Crippen molar-refractivity contribution >= 4 is 11.7 Å². The van der Waals surface area contributed by atoms with Gasteiger partial charge in [0.25, 0.3) is 5.56 Å². The Labute approximate surface area is 124 Å². The van der Waals surface area contributed by atoms with Crippen molar-refractivity contribution in [3.05, 3.63) is 22.4 Å². The van der Waals surface area contributed by atoms with Crippen molar-refractivity contribution in [3.8, 4) is 0 Å². The van der Waals surface area contributed by atoms with Crippen LogP contribution >= 0.6 is 0 Å². The first kappa shape index (κ1) is 15.5. The van der Waals surface area contributed by atoms with Gasteiger partial charge in [-0.25, -0.2) is 9.78 Å². The minimum Gasteiger partial charge on any atom is -0.480 e. The van der Waals surface area contributed by atoms with E-state index in [0.717, 1.165) is 19.3 Å². The average Bonchev–Trinajstić information content (AvgIpc) is 2.83. The van der Waals surface area contributed by atoms with E-state index in [1.165, 1.54) is 4.57 Å². The fourth-order valence-electron chi connectivity index (χ4n) is 3.14. The van der Waals surface area contributed by atoms with Crippen LogP contribution in [-0.2, 0) is 10.2 Å². The highest BCUT2D eigenvalue weighted by Gasteiger charge is 2.46. The van der Waals surface area contributed by atoms with Crippen molar-refractivity contribution in [1.29, 1.82) is 0 Å². The van der Waals surface area contributed by atoms with Crippen molar-refractivity contribution in [3.63, 3.8) is 0 Å². The third-order valence-corrected chi connectivity index (χ3v) is 4.57. The summed E-state index contributed by atoms with van der Waals surface area (Å²) in [6.45, 7) is 6.71. The van der Waals surface area contributed by atoms with E-state index in [1.54, 1.807) is 6.20 Å². The molecule has 1 aliphatic heterocycles. The SMILES string of the molecule is CCCNc1cnc2n(c1=O)C(C(=O)O)CC2(CC)CC. The molecular weight excluding hydrogens is 270 g/mol. The van der Waals surface area contributed by atoms with Crippen molar-refractivity contribution in [2.75, 3.05) is 11.9 Å². The van der Waals surface area contributed by atoms with E-state index in [9.17, 15) is 14.7 Å². The topological polar surface area (TPSA) is 84.2 Å². The number of anilines is 1. The summed E-state index contributed by atoms with van der Waals surface area (Å²) in [7, 11) is 0. The molecule has 0 saturated carbocycles. The first-order valence-electron chi connectivity index (χ1n) is 7.59. The van der Waals surface area contributed by atoms with E-state index in [0.29, 0.717) is 24.5 Å². The number of carbonyl (C=O) groups is 1. The molecule has 21 heavy (non-hydrogen) atoms. The molecule has 0 fully saturated rings. The van der Waals surface area contributed by atoms with Crippen LogP contribution < -0.4 is 10.9 Å². The lowest BCUT2D eigenvalue weighted by Crippen LogP contribution is -2.31. The van der Waals surface area contributed by atoms with Gasteiger partial charge in [0.15, 0.2) is 0 Å². The predicted molar refractivity (Wildman–Crippen MR) is 80.8 cm³/mol. The van der Waals surface area contributed by atoms with Crippen LogP contribution in [0.15, 0.2) is 11.0 Å². The second-order valence-corrected chi connectivity index (χ2v) is 5.64. The lowest BCUT2D eigenvalue weighted by Gasteiger charge is -2.24. The normalized spacial score (nSPS) is 19.3. The van der Waals surface area contributed by atoms with Gasteiger partial charge in [-0.3, -0.25) is 9.36 Å². The standard InChI is InChI=1S/C15H23N3O3/c1-4-7-16-10-9-17-14-15(5-2,6-3)8-11(13(20)21)18(14)12(10)19/h9,11,16H,4-8H2,1-3H3,(H,20,21). The molecule has 0 bridgehead atoms. The molecule has 2 rings (SSSR count). The van der Waals surface area contributed by atoms with Crippen LogP contribution in [0.5, 0.6) is 0 Å². The van der Waals surface area contributed by atoms with Crippen LogP contribution in [0.4, 0.5) is 5.69 Å². The molecule has 0 spiro atoms. The highest BCUT2D eigenvalue weighted by Crippen LogP contribution is 2.44. The Morgan fingerprint density at radius 3 is 2.67 bits per heavy atom. The molecule has 0 amide bonds. The van der Waals surface area contributed by atoms with Gasteiger partial charge in [-0.1, -0.05) is 20.8 Å². The minimum atomic E-state index is -0.962. The monoisotopic (exact) mass is 293 g/mol. The first-order chi connectivity index (χ1) is 10.0. The molecule has 6 heteroatoms. The van der Waals surface area contributed by atoms with Gasteiger partial charge < -0.3 is 10.4 Å². The van der Waals surface area contributed by atoms with Gasteiger partial charge in [-0.05, 0) is 25.7 Å². The molecule has 1 atom stereocenters. The molecule has 6 nitrogen and oxygen atoms in total. The van der Waals surface area contributed by atoms with E-state index < -0.39 is 12.0 Å². The second-order valence-electron chi connectivity index (χ2n) is 5.64. The number of aliphatic carboxylic acids is 1. The zero-order valence-corrected chi connectivity index (χ0v) is 12.8. The lowest BCUT2D eigenvalue weighted by molar-refractivity contribution is -0.141. The number of nitrogens with one attached hydrogen (secondary N) is 1. The molecule has 0 aromatic carbocycles. The summed E-state index contributed by atoms with van der Waals surface area (Å²) in [6.07, 6.45) is 4.43. The first-order valence-corrected chi connectivity index (χ1v) is 7.59. The van der Waals surface area contributed by atoms with Crippen molar-refractivity contribution in [2.45, 2.75) is 57.9 Å². The van der Waals surface area contributed by atoms with Crippen LogP contribution in [0.25, 0.3) is 0 Å². The molecule has 1 aromatic heterocycles. The Morgan fingerprint density at radius 2 is 2.14 bits per heavy atom. The number of aromatic nitrogens is 2. The average molecular weight is 293 g/mol. The van der Waals surface area contributed by atoms with E-state index in [-0.39, 0.29) is 11.0 Å². The maximum Gasteiger partial charge on any atom is 0.326 e. The highest BCUT2D eigenvalue weighted by atomic mass is 16.4. The Morgan fingerprint density at radius 1 is 1.48 bits per heavy atom. The summed E-state index contributed by atoms with van der Waals surface area (Å²) in [5.74, 6) is -0.344. The van der Waals surface area contributed by atoms with Gasteiger partial charge in [-0.15, -0.1) is 0 Å². The van der Waals surface area contributed by atoms with Gasteiger partial charge in [0, 0.05) is 12.0 Å². The molecule has 1 aromatic rings. The molecule has 0 aliphatic carbocycles. The molecule has 1 unspecified atom stereocenters. The van der Waals surface area contributed by atoms with E-state index in [4.69, 9.17) is 0 Å². The Kier molecular flexibility index (Phi) is 4.34. The minimum absolute atomic E-state index is 0.273. The number of carboxylic acid groups (broad SMARTS) is 1. The maximum absolute atomic E-state index is 12.6. The van der Waals surface area contributed by atoms with Gasteiger partial charge >= 0.3 is 5.97 Å². The summed E-state index contributed by atoms with van der Waals surface area (Å²) >= 11 is 0. The van der Waals surface area contributed by atoms with Crippen LogP contribution in [0, 0.1) is 0 Å². The molecule has 116 valence electrons. The molecule has 0 saturated heterocycles. The van der Waals surface area contributed by atoms with Gasteiger partial charge in [0.05, 0.1) is 6.20 Å². The Bertz CT molecular complexity index is 590. The quantitative estimate of drug-likeness (QED) is 0.839. The third-order valence-electron chi connectivity index (χ3n) is 4.57. The number of fused-ring (bicyclic) bond motifs is 1. The number of rotatable bonds is 6. The van der Waals surface area contributed by atoms with Gasteiger partial charge in [0.1, 0.15) is 17.6 Å². The van der Waals surface area contributed by atoms with Crippen LogP contribution in [0.1, 0.15) is 58.3 Å². The van der Waals surface area contributed by atoms with Gasteiger partial charge in [0.2, 0.25) is 0 Å². The number of hydrogen-bond donors (Lipinski definition) is 2. The molecule has 2 heterocycles. The molecule has 2 N–H and O–H groups in total. The summed E-state index contributed by atoms with van der Waals surface area (Å²) in [4.78, 5) is 28.6. The molecule has 1 aliphatic rings. The second kappa shape index (κ2) is 5.87. The largest absolute Gasteiger partial charge is 0.480 e. The Hall–Kier alpha value is -1.85. The van der Waals surface area contributed by atoms with Crippen molar-refractivity contribution < 1.29 is 9.90 Å². The van der Waals surface area contributed by atoms with Crippen LogP contribution in [0.3, 0.4) is 0 Å². The number of nitrogens with zero attached hydrogens (tertiary/aromatic N) is 2. The maximum atomic E-state index is 12.6. The fourth-order valence-corrected chi connectivity index (χ4v) is 3.14. The smallest absolute Gasteiger partial charge is 0.326 e. The predicted octanol–water partition coefficient (Wildman–Crippen LogP) is 2.15. The summed E-state index contributed by atoms with van der Waals surface area (Å²) < 4.78 is 1.38. The number of hydrogen-bond acceptors (Lipinski definition) is 4. The van der Waals surface area contributed by atoms with Crippen LogP contribution in [-0.4, -0.2) is 27.2 Å². The third kappa shape index (κ3) is 2.43.